The number of aromatic nitrogens is 2. The second kappa shape index (κ2) is 10.6. The highest BCUT2D eigenvalue weighted by atomic mass is 32.2. The maximum absolute atomic E-state index is 12.4. The molecule has 8 heteroatoms. The van der Waals surface area contributed by atoms with Gasteiger partial charge in [-0.15, -0.1) is 10.2 Å². The number of thioether (sulfide) groups is 1. The van der Waals surface area contributed by atoms with Crippen molar-refractivity contribution in [3.8, 4) is 5.75 Å². The highest BCUT2D eigenvalue weighted by molar-refractivity contribution is 7.99. The van der Waals surface area contributed by atoms with E-state index in [0.717, 1.165) is 65.3 Å². The second-order valence-corrected chi connectivity index (χ2v) is 8.96. The van der Waals surface area contributed by atoms with Gasteiger partial charge in [-0.2, -0.15) is 0 Å². The molecule has 1 N–H and O–H groups in total. The smallest absolute Gasteiger partial charge is 0.234 e. The first-order valence-electron chi connectivity index (χ1n) is 11.0. The van der Waals surface area contributed by atoms with Gasteiger partial charge >= 0.3 is 0 Å². The molecule has 1 aliphatic rings. The molecule has 33 heavy (non-hydrogen) atoms. The first kappa shape index (κ1) is 22.9. The third kappa shape index (κ3) is 5.57. The van der Waals surface area contributed by atoms with Crippen molar-refractivity contribution in [1.29, 1.82) is 0 Å². The molecule has 0 saturated carbocycles. The molecule has 0 bridgehead atoms. The third-order valence-electron chi connectivity index (χ3n) is 5.89. The van der Waals surface area contributed by atoms with Gasteiger partial charge in [0.1, 0.15) is 10.8 Å². The van der Waals surface area contributed by atoms with Crippen LogP contribution < -0.4 is 19.9 Å². The van der Waals surface area contributed by atoms with Gasteiger partial charge in [-0.05, 0) is 55.3 Å². The fourth-order valence-corrected chi connectivity index (χ4v) is 4.45. The number of rotatable bonds is 7. The molecular formula is C25H29N5O2S. The first-order valence-corrected chi connectivity index (χ1v) is 12.0. The monoisotopic (exact) mass is 463 g/mol. The summed E-state index contributed by atoms with van der Waals surface area (Å²) in [5, 5.41) is 12.4. The summed E-state index contributed by atoms with van der Waals surface area (Å²) < 4.78 is 5.50. The molecule has 0 aliphatic carbocycles. The molecule has 1 saturated heterocycles. The van der Waals surface area contributed by atoms with Crippen molar-refractivity contribution in [3.05, 3.63) is 65.7 Å². The molecule has 1 aromatic heterocycles. The normalized spacial score (nSPS) is 13.7. The number of benzene rings is 2. The van der Waals surface area contributed by atoms with Gasteiger partial charge in [0.25, 0.3) is 0 Å². The SMILES string of the molecule is COc1ccccc1N1CCN(c2ccc(SCC(=O)Nc3cccc(C)c3C)nn2)CC1. The predicted octanol–water partition coefficient (Wildman–Crippen LogP) is 4.16. The van der Waals surface area contributed by atoms with Crippen LogP contribution in [-0.2, 0) is 4.79 Å². The van der Waals surface area contributed by atoms with Crippen LogP contribution in [0.25, 0.3) is 0 Å². The number of amides is 1. The van der Waals surface area contributed by atoms with Crippen molar-refractivity contribution in [2.75, 3.05) is 54.2 Å². The summed E-state index contributed by atoms with van der Waals surface area (Å²) in [6.07, 6.45) is 0. The molecule has 0 unspecified atom stereocenters. The molecule has 0 radical (unpaired) electrons. The Kier molecular flexibility index (Phi) is 7.34. The van der Waals surface area contributed by atoms with Gasteiger partial charge in [-0.25, -0.2) is 0 Å². The van der Waals surface area contributed by atoms with E-state index < -0.39 is 0 Å². The van der Waals surface area contributed by atoms with Crippen LogP contribution in [0.2, 0.25) is 0 Å². The lowest BCUT2D eigenvalue weighted by Crippen LogP contribution is -2.47. The highest BCUT2D eigenvalue weighted by Gasteiger charge is 2.20. The Morgan fingerprint density at radius 1 is 0.970 bits per heavy atom. The second-order valence-electron chi connectivity index (χ2n) is 7.96. The van der Waals surface area contributed by atoms with Crippen molar-refractivity contribution < 1.29 is 9.53 Å². The number of nitrogens with zero attached hydrogens (tertiary/aromatic N) is 4. The lowest BCUT2D eigenvalue weighted by Gasteiger charge is -2.37. The molecule has 2 heterocycles. The first-order chi connectivity index (χ1) is 16.0. The molecule has 2 aromatic carbocycles. The van der Waals surface area contributed by atoms with Gasteiger partial charge in [0, 0.05) is 31.9 Å². The van der Waals surface area contributed by atoms with E-state index >= 15 is 0 Å². The Hall–Kier alpha value is -3.26. The maximum Gasteiger partial charge on any atom is 0.234 e. The third-order valence-corrected chi connectivity index (χ3v) is 6.81. The molecule has 4 rings (SSSR count). The van der Waals surface area contributed by atoms with E-state index in [-0.39, 0.29) is 5.91 Å². The Balaban J connectivity index is 1.28. The molecule has 0 atom stereocenters. The van der Waals surface area contributed by atoms with E-state index in [4.69, 9.17) is 4.74 Å². The lowest BCUT2D eigenvalue weighted by molar-refractivity contribution is -0.113. The van der Waals surface area contributed by atoms with Gasteiger partial charge in [0.2, 0.25) is 5.91 Å². The number of para-hydroxylation sites is 2. The van der Waals surface area contributed by atoms with Gasteiger partial charge in [0.05, 0.1) is 18.6 Å². The zero-order chi connectivity index (χ0) is 23.2. The zero-order valence-corrected chi connectivity index (χ0v) is 20.1. The summed E-state index contributed by atoms with van der Waals surface area (Å²) in [6.45, 7) is 7.54. The molecule has 3 aromatic rings. The van der Waals surface area contributed by atoms with E-state index in [2.05, 4.69) is 31.4 Å². The number of carbonyl (C=O) groups excluding carboxylic acids is 1. The Morgan fingerprint density at radius 3 is 2.45 bits per heavy atom. The van der Waals surface area contributed by atoms with Gasteiger partial charge in [-0.3, -0.25) is 4.79 Å². The fraction of sp³-hybridized carbons (Fsp3) is 0.320. The number of hydrogen-bond acceptors (Lipinski definition) is 7. The average molecular weight is 464 g/mol. The van der Waals surface area contributed by atoms with Crippen LogP contribution in [0.1, 0.15) is 11.1 Å². The van der Waals surface area contributed by atoms with Gasteiger partial charge in [0.15, 0.2) is 5.82 Å². The topological polar surface area (TPSA) is 70.6 Å². The minimum Gasteiger partial charge on any atom is -0.495 e. The highest BCUT2D eigenvalue weighted by Crippen LogP contribution is 2.29. The van der Waals surface area contributed by atoms with E-state index in [1.807, 2.05) is 62.4 Å². The Labute approximate surface area is 199 Å². The molecule has 0 spiro atoms. The van der Waals surface area contributed by atoms with Crippen LogP contribution in [-0.4, -0.2) is 55.1 Å². The average Bonchev–Trinajstić information content (AvgIpc) is 2.86. The number of carbonyl (C=O) groups is 1. The molecule has 1 amide bonds. The fourth-order valence-electron chi connectivity index (χ4n) is 3.84. The largest absolute Gasteiger partial charge is 0.495 e. The molecule has 1 aliphatic heterocycles. The van der Waals surface area contributed by atoms with E-state index in [1.54, 1.807) is 7.11 Å². The number of piperazine rings is 1. The van der Waals surface area contributed by atoms with Crippen LogP contribution in [0.15, 0.2) is 59.6 Å². The zero-order valence-electron chi connectivity index (χ0n) is 19.2. The number of anilines is 3. The Bertz CT molecular complexity index is 1100. The minimum absolute atomic E-state index is 0.0490. The van der Waals surface area contributed by atoms with Crippen molar-refractivity contribution in [2.24, 2.45) is 0 Å². The minimum atomic E-state index is -0.0490. The van der Waals surface area contributed by atoms with E-state index in [0.29, 0.717) is 5.75 Å². The van der Waals surface area contributed by atoms with Crippen molar-refractivity contribution >= 4 is 34.9 Å². The molecule has 1 fully saturated rings. The quantitative estimate of drug-likeness (QED) is 0.528. The predicted molar refractivity (Wildman–Crippen MR) is 135 cm³/mol. The lowest BCUT2D eigenvalue weighted by atomic mass is 10.1. The summed E-state index contributed by atoms with van der Waals surface area (Å²) in [7, 11) is 1.71. The van der Waals surface area contributed by atoms with Crippen LogP contribution in [0.4, 0.5) is 17.2 Å². The van der Waals surface area contributed by atoms with Crippen molar-refractivity contribution in [1.82, 2.24) is 10.2 Å². The number of nitrogens with one attached hydrogen (secondary N) is 1. The van der Waals surface area contributed by atoms with Crippen LogP contribution in [0.3, 0.4) is 0 Å². The summed E-state index contributed by atoms with van der Waals surface area (Å²) in [5.74, 6) is 2.00. The summed E-state index contributed by atoms with van der Waals surface area (Å²) >= 11 is 1.39. The summed E-state index contributed by atoms with van der Waals surface area (Å²) in [5.41, 5.74) is 4.22. The standard InChI is InChI=1S/C25H29N5O2S/c1-18-7-6-8-20(19(18)2)26-24(31)17-33-25-12-11-23(27-28-25)30-15-13-29(14-16-30)21-9-4-5-10-22(21)32-3/h4-12H,13-17H2,1-3H3,(H,26,31). The van der Waals surface area contributed by atoms with Gasteiger partial charge in [-0.1, -0.05) is 36.0 Å². The number of ether oxygens (including phenoxy) is 1. The van der Waals surface area contributed by atoms with Crippen molar-refractivity contribution in [2.45, 2.75) is 18.9 Å². The summed E-state index contributed by atoms with van der Waals surface area (Å²) in [6, 6.07) is 17.9. The molecule has 7 nitrogen and oxygen atoms in total. The molecule has 172 valence electrons. The molecular weight excluding hydrogens is 434 g/mol. The number of methoxy groups -OCH3 is 1. The number of aryl methyl sites for hydroxylation is 1. The maximum atomic E-state index is 12.4. The summed E-state index contributed by atoms with van der Waals surface area (Å²) in [4.78, 5) is 16.9. The van der Waals surface area contributed by atoms with E-state index in [1.165, 1.54) is 11.8 Å². The van der Waals surface area contributed by atoms with Crippen LogP contribution >= 0.6 is 11.8 Å². The Morgan fingerprint density at radius 2 is 1.73 bits per heavy atom. The van der Waals surface area contributed by atoms with E-state index in [9.17, 15) is 4.79 Å². The van der Waals surface area contributed by atoms with Crippen LogP contribution in [0, 0.1) is 13.8 Å². The van der Waals surface area contributed by atoms with Crippen LogP contribution in [0.5, 0.6) is 5.75 Å². The number of hydrogen-bond donors (Lipinski definition) is 1. The van der Waals surface area contributed by atoms with Crippen molar-refractivity contribution in [3.63, 3.8) is 0 Å². The van der Waals surface area contributed by atoms with Gasteiger partial charge < -0.3 is 19.9 Å².